The molecule has 0 radical (unpaired) electrons. The van der Waals surface area contributed by atoms with Crippen LogP contribution in [0, 0.1) is 20.2 Å². The third kappa shape index (κ3) is 9.02. The van der Waals surface area contributed by atoms with Crippen molar-refractivity contribution in [2.75, 3.05) is 0 Å². The fourth-order valence-corrected chi connectivity index (χ4v) is 0.0596. The molecule has 0 rings (SSSR count). The Labute approximate surface area is 58.8 Å². The van der Waals surface area contributed by atoms with Gasteiger partial charge in [-0.1, -0.05) is 0 Å². The van der Waals surface area contributed by atoms with Crippen molar-refractivity contribution >= 4 is 0 Å². The molecule has 0 spiro atoms. The summed E-state index contributed by atoms with van der Waals surface area (Å²) in [6, 6.07) is 0. The normalized spacial score (nSPS) is 6.50. The summed E-state index contributed by atoms with van der Waals surface area (Å²) in [5, 5.41) is 15.3. The maximum Gasteiger partial charge on any atom is 1.00 e. The quantitative estimate of drug-likeness (QED) is 0.359. The first-order valence-electron chi connectivity index (χ1n) is 1.13. The molecule has 0 aromatic carbocycles. The van der Waals surface area contributed by atoms with Crippen molar-refractivity contribution in [1.82, 2.24) is 0 Å². The Morgan fingerprint density at radius 2 is 1.38 bits per heavy atom. The molecule has 0 bridgehead atoms. The first-order valence-corrected chi connectivity index (χ1v) is 1.13. The van der Waals surface area contributed by atoms with Gasteiger partial charge in [-0.15, -0.1) is 0 Å². The smallest absolute Gasteiger partial charge is 0.264 e. The van der Waals surface area contributed by atoms with E-state index in [-0.39, 0.29) is 22.4 Å². The van der Waals surface area contributed by atoms with E-state index in [9.17, 15) is 0 Å². The van der Waals surface area contributed by atoms with Crippen LogP contribution in [0.3, 0.4) is 0 Å². The van der Waals surface area contributed by atoms with Crippen LogP contribution in [0.15, 0.2) is 0 Å². The van der Waals surface area contributed by atoms with E-state index in [0.717, 1.165) is 0 Å². The average Bonchev–Trinajstić information content (AvgIpc) is 1.27. The van der Waals surface area contributed by atoms with Gasteiger partial charge in [-0.05, 0) is 5.53 Å². The molecule has 0 saturated carbocycles. The predicted molar refractivity (Wildman–Crippen MR) is 17.3 cm³/mol. The summed E-state index contributed by atoms with van der Waals surface area (Å²) in [5.74, 6) is 0. The van der Waals surface area contributed by atoms with E-state index in [0.29, 0.717) is 0 Å². The molecule has 0 aliphatic heterocycles. The summed E-state index contributed by atoms with van der Waals surface area (Å²) in [6.07, 6.45) is 0. The molecule has 50 valence electrons. The molecule has 0 unspecified atom stereocenters. The second-order valence-corrected chi connectivity index (χ2v) is 0.565. The van der Waals surface area contributed by atoms with Crippen molar-refractivity contribution in [3.8, 4) is 0 Å². The Balaban J connectivity index is 0. The molecule has 0 N–H and O–H groups in total. The Morgan fingerprint density at radius 1 is 1.12 bits per heavy atom. The summed E-state index contributed by atoms with van der Waals surface area (Å²) < 4.78 is 0. The van der Waals surface area contributed by atoms with Crippen LogP contribution in [-0.2, 0) is 22.4 Å². The summed E-state index contributed by atoms with van der Waals surface area (Å²) in [5.41, 5.74) is 1.72. The topological polar surface area (TPSA) is 100 Å². The summed E-state index contributed by atoms with van der Waals surface area (Å²) in [7, 11) is 0. The monoisotopic (exact) mass is 213 g/mol. The van der Waals surface area contributed by atoms with Crippen molar-refractivity contribution in [3.63, 3.8) is 0 Å². The van der Waals surface area contributed by atoms with E-state index in [1.165, 1.54) is 0 Å². The van der Waals surface area contributed by atoms with E-state index in [1.807, 2.05) is 0 Å². The molecule has 0 atom stereocenters. The molecular weight excluding hydrogens is 214 g/mol. The van der Waals surface area contributed by atoms with Gasteiger partial charge in [0.15, 0.2) is 0 Å². The Morgan fingerprint density at radius 3 is 1.38 bits per heavy atom. The first kappa shape index (κ1) is 10.3. The van der Waals surface area contributed by atoms with E-state index in [2.05, 4.69) is 0 Å². The number of rotatable bonds is 2. The largest absolute Gasteiger partial charge is 1.00 e. The molecule has 8 heavy (non-hydrogen) atoms. The van der Waals surface area contributed by atoms with Gasteiger partial charge in [-0.25, -0.2) is 0 Å². The summed E-state index contributed by atoms with van der Waals surface area (Å²) >= 11 is 0. The predicted octanol–water partition coefficient (Wildman–Crippen LogP) is -0.259. The molecule has 0 aromatic heterocycles. The zero-order valence-corrected chi connectivity index (χ0v) is 4.76. The maximum atomic E-state index is 9.01. The van der Waals surface area contributed by atoms with Crippen molar-refractivity contribution in [3.05, 3.63) is 25.8 Å². The van der Waals surface area contributed by atoms with Crippen LogP contribution in [-0.4, -0.2) is 10.1 Å². The van der Waals surface area contributed by atoms with Gasteiger partial charge in [-0.3, -0.25) is 20.2 Å². The molecule has 0 heterocycles. The fraction of sp³-hybridized carbons (Fsp3) is 0. The third-order valence-electron chi connectivity index (χ3n) is 0.146. The summed E-state index contributed by atoms with van der Waals surface area (Å²) in [4.78, 5) is 18.0. The van der Waals surface area contributed by atoms with Crippen molar-refractivity contribution in [1.29, 1.82) is 0 Å². The van der Waals surface area contributed by atoms with Gasteiger partial charge >= 0.3 is 22.4 Å². The second-order valence-electron chi connectivity index (χ2n) is 0.565. The number of hydrogen-bond donors (Lipinski definition) is 0. The number of hydrogen-bond acceptors (Lipinski definition) is 4. The minimum atomic E-state index is -1.38. The maximum absolute atomic E-state index is 9.01. The van der Waals surface area contributed by atoms with Gasteiger partial charge in [0.1, 0.15) is 0 Å². The number of nitro groups is 2. The third-order valence-corrected chi connectivity index (χ3v) is 0.146. The summed E-state index contributed by atoms with van der Waals surface area (Å²) in [6.45, 7) is 0. The molecule has 8 heteroatoms. The van der Waals surface area contributed by atoms with Crippen molar-refractivity contribution < 1.29 is 32.4 Å². The van der Waals surface area contributed by atoms with Crippen LogP contribution in [0.2, 0.25) is 0 Å². The van der Waals surface area contributed by atoms with Crippen LogP contribution < -0.4 is 0 Å². The SMILES string of the molecule is O=[N+]([O-])[N-][N+](=O)[O-].[Ag+]. The van der Waals surface area contributed by atoms with Crippen molar-refractivity contribution in [2.45, 2.75) is 0 Å². The molecule has 7 nitrogen and oxygen atoms in total. The van der Waals surface area contributed by atoms with E-state index >= 15 is 0 Å². The average molecular weight is 214 g/mol. The molecular formula is AgN3O4. The van der Waals surface area contributed by atoms with Crippen LogP contribution >= 0.6 is 0 Å². The Bertz CT molecular complexity index is 87.5. The van der Waals surface area contributed by atoms with Crippen LogP contribution in [0.25, 0.3) is 5.53 Å². The molecule has 0 aliphatic rings. The van der Waals surface area contributed by atoms with Crippen molar-refractivity contribution in [2.24, 2.45) is 0 Å². The molecule has 0 saturated heterocycles. The minimum Gasteiger partial charge on any atom is -0.264 e. The molecule has 0 fully saturated rings. The van der Waals surface area contributed by atoms with E-state index in [1.54, 1.807) is 5.53 Å². The Hall–Kier alpha value is -0.660. The van der Waals surface area contributed by atoms with Gasteiger partial charge in [0.2, 0.25) is 0 Å². The van der Waals surface area contributed by atoms with Crippen LogP contribution in [0.1, 0.15) is 0 Å². The van der Waals surface area contributed by atoms with Crippen LogP contribution in [0.5, 0.6) is 0 Å². The van der Waals surface area contributed by atoms with Gasteiger partial charge in [0, 0.05) is 10.1 Å². The second kappa shape index (κ2) is 4.50. The van der Waals surface area contributed by atoms with E-state index < -0.39 is 10.1 Å². The van der Waals surface area contributed by atoms with Gasteiger partial charge in [-0.2, -0.15) is 0 Å². The van der Waals surface area contributed by atoms with Gasteiger partial charge in [0.25, 0.3) is 0 Å². The molecule has 0 aliphatic carbocycles. The number of nitrogens with zero attached hydrogens (tertiary/aromatic N) is 3. The van der Waals surface area contributed by atoms with Gasteiger partial charge in [0.05, 0.1) is 0 Å². The Kier molecular flexibility index (Phi) is 5.82. The minimum absolute atomic E-state index is 0. The fourth-order valence-electron chi connectivity index (χ4n) is 0.0596. The van der Waals surface area contributed by atoms with Gasteiger partial charge < -0.3 is 0 Å². The van der Waals surface area contributed by atoms with E-state index in [4.69, 9.17) is 20.2 Å². The molecule has 0 aromatic rings. The van der Waals surface area contributed by atoms with Crippen LogP contribution in [0.4, 0.5) is 0 Å². The zero-order valence-electron chi connectivity index (χ0n) is 3.28. The molecule has 0 amide bonds. The zero-order chi connectivity index (χ0) is 5.86. The first-order chi connectivity index (χ1) is 3.13. The standard InChI is InChI=1S/Ag.N3O4/c;4-2(5)1-3(6)7/q+1;-1.